The maximum Gasteiger partial charge on any atom is 0.105 e. The van der Waals surface area contributed by atoms with Crippen molar-refractivity contribution in [1.82, 2.24) is 24.5 Å². The summed E-state index contributed by atoms with van der Waals surface area (Å²) in [5.41, 5.74) is 1.58. The SMILES string of the molecule is Cc1nccn1Cc1cn(-c2ccc(Cl)cc2Cl)nn1. The van der Waals surface area contributed by atoms with Crippen LogP contribution in [0.4, 0.5) is 0 Å². The van der Waals surface area contributed by atoms with Crippen molar-refractivity contribution in [2.24, 2.45) is 0 Å². The number of hydrogen-bond donors (Lipinski definition) is 0. The fourth-order valence-electron chi connectivity index (χ4n) is 1.90. The molecule has 2 heterocycles. The molecule has 7 heteroatoms. The molecule has 0 radical (unpaired) electrons. The summed E-state index contributed by atoms with van der Waals surface area (Å²) in [5, 5.41) is 9.36. The number of imidazole rings is 1. The first kappa shape index (κ1) is 13.1. The molecule has 0 spiro atoms. The van der Waals surface area contributed by atoms with E-state index in [1.807, 2.05) is 30.0 Å². The Balaban J connectivity index is 1.88. The fraction of sp³-hybridized carbons (Fsp3) is 0.154. The summed E-state index contributed by atoms with van der Waals surface area (Å²) in [6, 6.07) is 5.26. The lowest BCUT2D eigenvalue weighted by Gasteiger charge is -2.03. The zero-order valence-corrected chi connectivity index (χ0v) is 12.2. The molecule has 0 aliphatic carbocycles. The first-order valence-corrected chi connectivity index (χ1v) is 6.73. The molecule has 0 unspecified atom stereocenters. The van der Waals surface area contributed by atoms with E-state index in [-0.39, 0.29) is 0 Å². The number of hydrogen-bond acceptors (Lipinski definition) is 3. The Hall–Kier alpha value is -1.85. The third-order valence-electron chi connectivity index (χ3n) is 2.95. The molecule has 0 fully saturated rings. The summed E-state index contributed by atoms with van der Waals surface area (Å²) in [5.74, 6) is 0.934. The van der Waals surface area contributed by atoms with Gasteiger partial charge in [-0.1, -0.05) is 28.4 Å². The molecule has 0 atom stereocenters. The first-order valence-electron chi connectivity index (χ1n) is 5.98. The number of aryl methyl sites for hydroxylation is 1. The summed E-state index contributed by atoms with van der Waals surface area (Å²) in [7, 11) is 0. The lowest BCUT2D eigenvalue weighted by molar-refractivity contribution is 0.733. The van der Waals surface area contributed by atoms with Crippen molar-refractivity contribution < 1.29 is 0 Å². The van der Waals surface area contributed by atoms with E-state index in [0.29, 0.717) is 16.6 Å². The number of aromatic nitrogens is 5. The Labute approximate surface area is 125 Å². The Kier molecular flexibility index (Phi) is 3.46. The van der Waals surface area contributed by atoms with E-state index in [1.165, 1.54) is 0 Å². The van der Waals surface area contributed by atoms with Crippen LogP contribution in [0.25, 0.3) is 5.69 Å². The molecule has 20 heavy (non-hydrogen) atoms. The number of halogens is 2. The lowest BCUT2D eigenvalue weighted by Crippen LogP contribution is -2.00. The maximum absolute atomic E-state index is 6.15. The van der Waals surface area contributed by atoms with Crippen LogP contribution in [0.1, 0.15) is 11.5 Å². The fourth-order valence-corrected chi connectivity index (χ4v) is 2.40. The van der Waals surface area contributed by atoms with Crippen LogP contribution in [0.2, 0.25) is 10.0 Å². The predicted octanol–water partition coefficient (Wildman–Crippen LogP) is 3.13. The first-order chi connectivity index (χ1) is 9.63. The lowest BCUT2D eigenvalue weighted by atomic mass is 10.3. The average molecular weight is 308 g/mol. The Bertz CT molecular complexity index is 747. The van der Waals surface area contributed by atoms with Crippen molar-refractivity contribution in [2.75, 3.05) is 0 Å². The minimum absolute atomic E-state index is 0.535. The minimum atomic E-state index is 0.535. The van der Waals surface area contributed by atoms with Crippen LogP contribution in [0.3, 0.4) is 0 Å². The summed E-state index contributed by atoms with van der Waals surface area (Å²) < 4.78 is 3.64. The highest BCUT2D eigenvalue weighted by atomic mass is 35.5. The Morgan fingerprint density at radius 1 is 1.25 bits per heavy atom. The molecular formula is C13H11Cl2N5. The van der Waals surface area contributed by atoms with Crippen LogP contribution in [0, 0.1) is 6.92 Å². The number of benzene rings is 1. The molecule has 0 bridgehead atoms. The largest absolute Gasteiger partial charge is 0.329 e. The smallest absolute Gasteiger partial charge is 0.105 e. The standard InChI is InChI=1S/C13H11Cl2N5/c1-9-16-4-5-19(9)7-11-8-20(18-17-11)13-3-2-10(14)6-12(13)15/h2-6,8H,7H2,1H3. The van der Waals surface area contributed by atoms with Crippen molar-refractivity contribution in [2.45, 2.75) is 13.5 Å². The van der Waals surface area contributed by atoms with Gasteiger partial charge in [0.2, 0.25) is 0 Å². The van der Waals surface area contributed by atoms with Gasteiger partial charge >= 0.3 is 0 Å². The highest BCUT2D eigenvalue weighted by Gasteiger charge is 2.08. The number of nitrogens with zero attached hydrogens (tertiary/aromatic N) is 5. The topological polar surface area (TPSA) is 48.5 Å². The molecule has 2 aromatic heterocycles. The van der Waals surface area contributed by atoms with Crippen LogP contribution in [-0.4, -0.2) is 24.5 Å². The minimum Gasteiger partial charge on any atom is -0.329 e. The van der Waals surface area contributed by atoms with Crippen LogP contribution in [-0.2, 0) is 6.54 Å². The van der Waals surface area contributed by atoms with Gasteiger partial charge in [-0.15, -0.1) is 5.10 Å². The zero-order valence-electron chi connectivity index (χ0n) is 10.7. The Morgan fingerprint density at radius 3 is 2.80 bits per heavy atom. The molecule has 0 N–H and O–H groups in total. The molecule has 102 valence electrons. The van der Waals surface area contributed by atoms with Gasteiger partial charge in [0.05, 0.1) is 23.5 Å². The Morgan fingerprint density at radius 2 is 2.10 bits per heavy atom. The molecule has 0 amide bonds. The second-order valence-electron chi connectivity index (χ2n) is 4.35. The quantitative estimate of drug-likeness (QED) is 0.747. The molecule has 0 saturated carbocycles. The normalized spacial score (nSPS) is 10.9. The zero-order chi connectivity index (χ0) is 14.1. The maximum atomic E-state index is 6.15. The van der Waals surface area contributed by atoms with Gasteiger partial charge < -0.3 is 4.57 Å². The van der Waals surface area contributed by atoms with Crippen LogP contribution in [0.15, 0.2) is 36.8 Å². The van der Waals surface area contributed by atoms with Crippen molar-refractivity contribution in [1.29, 1.82) is 0 Å². The molecule has 5 nitrogen and oxygen atoms in total. The molecular weight excluding hydrogens is 297 g/mol. The number of rotatable bonds is 3. The van der Waals surface area contributed by atoms with Gasteiger partial charge in [0, 0.05) is 17.4 Å². The molecule has 0 saturated heterocycles. The third kappa shape index (κ3) is 2.55. The molecule has 3 rings (SSSR count). The summed E-state index contributed by atoms with van der Waals surface area (Å²) in [4.78, 5) is 4.17. The van der Waals surface area contributed by atoms with Crippen LogP contribution in [0.5, 0.6) is 0 Å². The van der Waals surface area contributed by atoms with Crippen molar-refractivity contribution >= 4 is 23.2 Å². The van der Waals surface area contributed by atoms with E-state index < -0.39 is 0 Å². The molecule has 0 aliphatic rings. The second-order valence-corrected chi connectivity index (χ2v) is 5.20. The van der Waals surface area contributed by atoms with E-state index in [0.717, 1.165) is 17.2 Å². The second kappa shape index (κ2) is 5.26. The van der Waals surface area contributed by atoms with Gasteiger partial charge in [0.15, 0.2) is 0 Å². The van der Waals surface area contributed by atoms with Gasteiger partial charge in [-0.2, -0.15) is 0 Å². The van der Waals surface area contributed by atoms with E-state index in [4.69, 9.17) is 23.2 Å². The summed E-state index contributed by atoms with van der Waals surface area (Å²) in [6.07, 6.45) is 5.51. The summed E-state index contributed by atoms with van der Waals surface area (Å²) >= 11 is 12.0. The predicted molar refractivity (Wildman–Crippen MR) is 77.4 cm³/mol. The molecule has 1 aromatic carbocycles. The third-order valence-corrected chi connectivity index (χ3v) is 3.49. The monoisotopic (exact) mass is 307 g/mol. The van der Waals surface area contributed by atoms with Gasteiger partial charge in [0.1, 0.15) is 11.5 Å². The van der Waals surface area contributed by atoms with E-state index >= 15 is 0 Å². The molecule has 3 aromatic rings. The highest BCUT2D eigenvalue weighted by Crippen LogP contribution is 2.23. The van der Waals surface area contributed by atoms with Crippen molar-refractivity contribution in [3.63, 3.8) is 0 Å². The average Bonchev–Trinajstić information content (AvgIpc) is 3.00. The highest BCUT2D eigenvalue weighted by molar-refractivity contribution is 6.35. The van der Waals surface area contributed by atoms with Crippen molar-refractivity contribution in [3.8, 4) is 5.69 Å². The van der Waals surface area contributed by atoms with E-state index in [1.54, 1.807) is 23.0 Å². The summed E-state index contributed by atoms with van der Waals surface area (Å²) in [6.45, 7) is 2.57. The van der Waals surface area contributed by atoms with Crippen LogP contribution < -0.4 is 0 Å². The van der Waals surface area contributed by atoms with E-state index in [9.17, 15) is 0 Å². The molecule has 0 aliphatic heterocycles. The van der Waals surface area contributed by atoms with Crippen LogP contribution >= 0.6 is 23.2 Å². The van der Waals surface area contributed by atoms with Crippen molar-refractivity contribution in [3.05, 3.63) is 58.4 Å². The van der Waals surface area contributed by atoms with Gasteiger partial charge in [0.25, 0.3) is 0 Å². The van der Waals surface area contributed by atoms with Gasteiger partial charge in [-0.25, -0.2) is 9.67 Å². The van der Waals surface area contributed by atoms with Gasteiger partial charge in [-0.3, -0.25) is 0 Å². The van der Waals surface area contributed by atoms with E-state index in [2.05, 4.69) is 15.3 Å². The van der Waals surface area contributed by atoms with Gasteiger partial charge in [-0.05, 0) is 25.1 Å².